The highest BCUT2D eigenvalue weighted by molar-refractivity contribution is 6.36. The van der Waals surface area contributed by atoms with Crippen LogP contribution in [0.5, 0.6) is 0 Å². The molecule has 1 saturated heterocycles. The summed E-state index contributed by atoms with van der Waals surface area (Å²) in [6.45, 7) is 3.50. The van der Waals surface area contributed by atoms with Crippen LogP contribution in [-0.4, -0.2) is 58.9 Å². The maximum Gasteiger partial charge on any atom is 0.225 e. The van der Waals surface area contributed by atoms with Gasteiger partial charge in [0.15, 0.2) is 5.78 Å². The smallest absolute Gasteiger partial charge is 0.225 e. The molecule has 1 atom stereocenters. The summed E-state index contributed by atoms with van der Waals surface area (Å²) in [7, 11) is 2.18. The molecule has 8 heteroatoms. The van der Waals surface area contributed by atoms with Crippen LogP contribution in [0.3, 0.4) is 0 Å². The first kappa shape index (κ1) is 30.4. The Balaban J connectivity index is 1.40. The zero-order valence-electron chi connectivity index (χ0n) is 25.5. The van der Waals surface area contributed by atoms with Crippen molar-refractivity contribution < 1.29 is 9.59 Å². The number of aromatic nitrogens is 2. The summed E-state index contributed by atoms with van der Waals surface area (Å²) in [5, 5.41) is 1.28. The van der Waals surface area contributed by atoms with Crippen LogP contribution < -0.4 is 10.6 Å². The molecule has 2 aliphatic rings. The van der Waals surface area contributed by atoms with Gasteiger partial charge in [-0.05, 0) is 75.1 Å². The molecule has 1 aliphatic carbocycles. The number of benzene rings is 2. The van der Waals surface area contributed by atoms with Gasteiger partial charge in [0.25, 0.3) is 0 Å². The second-order valence-electron chi connectivity index (χ2n) is 12.6. The molecule has 2 N–H and O–H groups in total. The van der Waals surface area contributed by atoms with Gasteiger partial charge in [-0.1, -0.05) is 73.7 Å². The molecular formula is C36H42ClN5O2. The molecule has 1 unspecified atom stereocenters. The third kappa shape index (κ3) is 6.54. The van der Waals surface area contributed by atoms with E-state index in [9.17, 15) is 9.59 Å². The Kier molecular flexibility index (Phi) is 9.33. The molecule has 1 aliphatic heterocycles. The molecule has 0 radical (unpaired) electrons. The molecule has 1 saturated carbocycles. The average Bonchev–Trinajstić information content (AvgIpc) is 3.68. The monoisotopic (exact) mass is 611 g/mol. The van der Waals surface area contributed by atoms with Crippen LogP contribution in [-0.2, 0) is 11.3 Å². The quantitative estimate of drug-likeness (QED) is 0.192. The van der Waals surface area contributed by atoms with Crippen molar-refractivity contribution in [2.75, 3.05) is 31.6 Å². The zero-order valence-corrected chi connectivity index (χ0v) is 26.3. The van der Waals surface area contributed by atoms with Crippen LogP contribution in [0.15, 0.2) is 73.1 Å². The third-order valence-corrected chi connectivity index (χ3v) is 10.0. The first-order chi connectivity index (χ1) is 21.4. The lowest BCUT2D eigenvalue weighted by Gasteiger charge is -2.38. The van der Waals surface area contributed by atoms with Crippen molar-refractivity contribution in [1.82, 2.24) is 14.5 Å². The molecule has 2 aromatic heterocycles. The molecule has 3 heterocycles. The summed E-state index contributed by atoms with van der Waals surface area (Å²) in [5.74, 6) is 0.625. The van der Waals surface area contributed by atoms with Crippen molar-refractivity contribution in [3.05, 3.63) is 94.8 Å². The molecular weight excluding hydrogens is 570 g/mol. The second-order valence-corrected chi connectivity index (χ2v) is 13.0. The number of ketones is 1. The number of pyridine rings is 1. The Labute approximate surface area is 265 Å². The van der Waals surface area contributed by atoms with Gasteiger partial charge in [0.05, 0.1) is 10.9 Å². The lowest BCUT2D eigenvalue weighted by molar-refractivity contribution is -0.119. The number of halogens is 1. The number of primary amides is 1. The van der Waals surface area contributed by atoms with Gasteiger partial charge in [0.1, 0.15) is 5.82 Å². The molecule has 4 aromatic rings. The second kappa shape index (κ2) is 13.5. The van der Waals surface area contributed by atoms with E-state index >= 15 is 0 Å². The minimum Gasteiger partial charge on any atom is -0.369 e. The van der Waals surface area contributed by atoms with Crippen LogP contribution in [0.25, 0.3) is 10.9 Å². The minimum atomic E-state index is -0.408. The van der Waals surface area contributed by atoms with E-state index in [1.165, 1.54) is 12.8 Å². The highest BCUT2D eigenvalue weighted by Gasteiger charge is 2.30. The first-order valence-electron chi connectivity index (χ1n) is 16.0. The number of carbonyl (C=O) groups is 2. The number of amides is 1. The van der Waals surface area contributed by atoms with Gasteiger partial charge in [-0.3, -0.25) is 9.59 Å². The molecule has 0 bridgehead atoms. The summed E-state index contributed by atoms with van der Waals surface area (Å²) in [5.41, 5.74) is 8.94. The molecule has 7 nitrogen and oxygen atoms in total. The van der Waals surface area contributed by atoms with Crippen LogP contribution in [0.1, 0.15) is 72.3 Å². The van der Waals surface area contributed by atoms with Crippen molar-refractivity contribution in [2.24, 2.45) is 11.7 Å². The van der Waals surface area contributed by atoms with Gasteiger partial charge < -0.3 is 20.1 Å². The van der Waals surface area contributed by atoms with E-state index in [1.54, 1.807) is 0 Å². The third-order valence-electron chi connectivity index (χ3n) is 9.70. The predicted molar refractivity (Wildman–Crippen MR) is 177 cm³/mol. The Bertz CT molecular complexity index is 1590. The largest absolute Gasteiger partial charge is 0.369 e. The van der Waals surface area contributed by atoms with E-state index in [-0.39, 0.29) is 11.7 Å². The van der Waals surface area contributed by atoms with Crippen LogP contribution in [0, 0.1) is 5.92 Å². The lowest BCUT2D eigenvalue weighted by Crippen LogP contribution is -2.45. The average molecular weight is 612 g/mol. The van der Waals surface area contributed by atoms with E-state index in [1.807, 2.05) is 60.8 Å². The first-order valence-corrected chi connectivity index (χ1v) is 16.3. The Morgan fingerprint density at radius 2 is 1.75 bits per heavy atom. The number of likely N-dealkylation sites (tertiary alicyclic amines) is 1. The zero-order chi connectivity index (χ0) is 30.6. The van der Waals surface area contributed by atoms with E-state index in [2.05, 4.69) is 33.7 Å². The standard InChI is InChI=1S/C36H42ClN5O2/c1-40-17-14-27(15-18-40)42(34-13-7-8-16-39-34)20-19-41-24-31(29(36(38)44)21-25-9-5-6-10-25)28-22-32(37)30(23-33(28)41)35(43)26-11-3-2-4-12-26/h2-4,7-8,11-13,16,22-25,27,29H,5-6,9-10,14-15,17-21H2,1H3,(H2,38,44). The van der Waals surface area contributed by atoms with E-state index in [4.69, 9.17) is 22.3 Å². The van der Waals surface area contributed by atoms with Gasteiger partial charge >= 0.3 is 0 Å². The van der Waals surface area contributed by atoms with Crippen LogP contribution >= 0.6 is 11.6 Å². The maximum absolute atomic E-state index is 13.6. The Morgan fingerprint density at radius 3 is 2.43 bits per heavy atom. The number of anilines is 1. The molecule has 6 rings (SSSR count). The SMILES string of the molecule is CN1CCC(N(CCn2cc(C(CC3CCCC3)C(N)=O)c3cc(Cl)c(C(=O)c4ccccc4)cc32)c2ccccn2)CC1. The Hall–Kier alpha value is -3.68. The summed E-state index contributed by atoms with van der Waals surface area (Å²) < 4.78 is 2.19. The fourth-order valence-electron chi connectivity index (χ4n) is 7.23. The Morgan fingerprint density at radius 1 is 1.02 bits per heavy atom. The predicted octanol–water partition coefficient (Wildman–Crippen LogP) is 6.67. The normalized spacial score (nSPS) is 17.2. The van der Waals surface area contributed by atoms with Crippen molar-refractivity contribution in [2.45, 2.75) is 63.5 Å². The molecule has 44 heavy (non-hydrogen) atoms. The number of nitrogens with zero attached hydrogens (tertiary/aromatic N) is 4. The minimum absolute atomic E-state index is 0.120. The van der Waals surface area contributed by atoms with Crippen molar-refractivity contribution in [3.8, 4) is 0 Å². The maximum atomic E-state index is 13.6. The van der Waals surface area contributed by atoms with Crippen molar-refractivity contribution in [1.29, 1.82) is 0 Å². The van der Waals surface area contributed by atoms with Gasteiger partial charge in [-0.25, -0.2) is 4.98 Å². The summed E-state index contributed by atoms with van der Waals surface area (Å²) in [6, 6.07) is 19.5. The van der Waals surface area contributed by atoms with E-state index in [0.717, 1.165) is 74.0 Å². The van der Waals surface area contributed by atoms with Gasteiger partial charge in [0, 0.05) is 53.6 Å². The lowest BCUT2D eigenvalue weighted by atomic mass is 9.87. The van der Waals surface area contributed by atoms with E-state index in [0.29, 0.717) is 34.7 Å². The van der Waals surface area contributed by atoms with Crippen molar-refractivity contribution in [3.63, 3.8) is 0 Å². The summed E-state index contributed by atoms with van der Waals surface area (Å²) in [6.07, 6.45) is 11.5. The molecule has 1 amide bonds. The number of hydrogen-bond donors (Lipinski definition) is 1. The molecule has 2 fully saturated rings. The molecule has 0 spiro atoms. The highest BCUT2D eigenvalue weighted by atomic mass is 35.5. The van der Waals surface area contributed by atoms with Gasteiger partial charge in [-0.15, -0.1) is 0 Å². The van der Waals surface area contributed by atoms with Gasteiger partial charge in [0.2, 0.25) is 5.91 Å². The summed E-state index contributed by atoms with van der Waals surface area (Å²) >= 11 is 6.84. The number of rotatable bonds is 11. The number of fused-ring (bicyclic) bond motifs is 1. The van der Waals surface area contributed by atoms with Crippen LogP contribution in [0.2, 0.25) is 5.02 Å². The number of piperidine rings is 1. The summed E-state index contributed by atoms with van der Waals surface area (Å²) in [4.78, 5) is 36.1. The van der Waals surface area contributed by atoms with Crippen molar-refractivity contribution >= 4 is 40.0 Å². The van der Waals surface area contributed by atoms with Crippen LogP contribution in [0.4, 0.5) is 5.82 Å². The number of hydrogen-bond acceptors (Lipinski definition) is 5. The topological polar surface area (TPSA) is 84.5 Å². The number of carbonyl (C=O) groups excluding carboxylic acids is 2. The van der Waals surface area contributed by atoms with E-state index < -0.39 is 5.92 Å². The fourth-order valence-corrected chi connectivity index (χ4v) is 7.47. The molecule has 2 aromatic carbocycles. The molecule has 230 valence electrons. The fraction of sp³-hybridized carbons (Fsp3) is 0.417. The van der Waals surface area contributed by atoms with Gasteiger partial charge in [-0.2, -0.15) is 0 Å². The number of nitrogens with two attached hydrogens (primary N) is 1. The highest BCUT2D eigenvalue weighted by Crippen LogP contribution is 2.39.